The monoisotopic (exact) mass is 316 g/mol. The molecule has 124 valence electrons. The molecule has 0 saturated carbocycles. The predicted molar refractivity (Wildman–Crippen MR) is 89.0 cm³/mol. The van der Waals surface area contributed by atoms with E-state index in [1.807, 2.05) is 37.3 Å². The summed E-state index contributed by atoms with van der Waals surface area (Å²) < 4.78 is 0. The van der Waals surface area contributed by atoms with Crippen molar-refractivity contribution in [3.63, 3.8) is 0 Å². The Labute approximate surface area is 136 Å². The zero-order chi connectivity index (χ0) is 16.3. The Morgan fingerprint density at radius 3 is 2.61 bits per heavy atom. The van der Waals surface area contributed by atoms with E-state index in [2.05, 4.69) is 15.5 Å². The number of anilines is 1. The zero-order valence-corrected chi connectivity index (χ0v) is 13.5. The van der Waals surface area contributed by atoms with E-state index in [0.717, 1.165) is 31.6 Å². The quantitative estimate of drug-likeness (QED) is 0.851. The fourth-order valence-corrected chi connectivity index (χ4v) is 3.59. The molecule has 3 rings (SSSR count). The molecule has 0 aromatic heterocycles. The highest BCUT2D eigenvalue weighted by molar-refractivity contribution is 5.96. The van der Waals surface area contributed by atoms with E-state index in [1.165, 1.54) is 0 Å². The molecule has 0 atom stereocenters. The van der Waals surface area contributed by atoms with Crippen LogP contribution in [0.5, 0.6) is 0 Å². The molecule has 1 spiro atoms. The minimum absolute atomic E-state index is 0.0779. The van der Waals surface area contributed by atoms with E-state index in [4.69, 9.17) is 0 Å². The van der Waals surface area contributed by atoms with Crippen LogP contribution in [0.3, 0.4) is 0 Å². The molecule has 0 unspecified atom stereocenters. The van der Waals surface area contributed by atoms with Crippen LogP contribution in [0.15, 0.2) is 30.3 Å². The van der Waals surface area contributed by atoms with Gasteiger partial charge in [-0.2, -0.15) is 0 Å². The van der Waals surface area contributed by atoms with Gasteiger partial charge in [-0.1, -0.05) is 18.2 Å². The van der Waals surface area contributed by atoms with Gasteiger partial charge in [-0.3, -0.25) is 9.59 Å². The molecule has 1 aromatic carbocycles. The molecule has 0 aliphatic carbocycles. The number of nitrogens with one attached hydrogen (secondary N) is 2. The second kappa shape index (κ2) is 6.58. The maximum absolute atomic E-state index is 13.1. The van der Waals surface area contributed by atoms with Crippen molar-refractivity contribution >= 4 is 17.5 Å². The van der Waals surface area contributed by atoms with Crippen molar-refractivity contribution in [2.75, 3.05) is 37.7 Å². The number of carbonyl (C=O) groups is 2. The number of carbonyl (C=O) groups excluding carboxylic acids is 2. The van der Waals surface area contributed by atoms with Crippen molar-refractivity contribution in [2.24, 2.45) is 0 Å². The summed E-state index contributed by atoms with van der Waals surface area (Å²) in [6, 6.07) is 10.0. The fourth-order valence-electron chi connectivity index (χ4n) is 3.59. The Kier molecular flexibility index (Phi) is 4.52. The van der Waals surface area contributed by atoms with E-state index in [9.17, 15) is 9.59 Å². The number of piperidine rings is 1. The number of amides is 2. The van der Waals surface area contributed by atoms with Gasteiger partial charge in [-0.05, 0) is 45.0 Å². The third-order valence-electron chi connectivity index (χ3n) is 4.72. The Morgan fingerprint density at radius 2 is 1.96 bits per heavy atom. The third-order valence-corrected chi connectivity index (χ3v) is 4.72. The van der Waals surface area contributed by atoms with E-state index in [1.54, 1.807) is 4.90 Å². The molecule has 0 bridgehead atoms. The first kappa shape index (κ1) is 15.8. The topological polar surface area (TPSA) is 64.7 Å². The lowest BCUT2D eigenvalue weighted by Gasteiger charge is -2.40. The van der Waals surface area contributed by atoms with Crippen LogP contribution in [-0.4, -0.2) is 55.1 Å². The highest BCUT2D eigenvalue weighted by atomic mass is 16.2. The van der Waals surface area contributed by atoms with E-state index < -0.39 is 5.54 Å². The lowest BCUT2D eigenvalue weighted by atomic mass is 9.86. The molecule has 2 heterocycles. The van der Waals surface area contributed by atoms with Gasteiger partial charge in [-0.15, -0.1) is 0 Å². The summed E-state index contributed by atoms with van der Waals surface area (Å²) in [5.41, 5.74) is 0.528. The smallest absolute Gasteiger partial charge is 0.250 e. The van der Waals surface area contributed by atoms with Gasteiger partial charge in [0.05, 0.1) is 6.67 Å². The number of hydrogen-bond acceptors (Lipinski definition) is 4. The van der Waals surface area contributed by atoms with Gasteiger partial charge in [0.1, 0.15) is 12.1 Å². The number of nitrogens with zero attached hydrogens (tertiary/aromatic N) is 2. The number of hydrogen-bond donors (Lipinski definition) is 2. The van der Waals surface area contributed by atoms with Gasteiger partial charge in [0.2, 0.25) is 11.8 Å². The number of para-hydroxylation sites is 1. The molecule has 0 radical (unpaired) electrons. The summed E-state index contributed by atoms with van der Waals surface area (Å²) in [6.07, 6.45) is 1.54. The van der Waals surface area contributed by atoms with Gasteiger partial charge in [0, 0.05) is 12.2 Å². The normalized spacial score (nSPS) is 20.1. The number of likely N-dealkylation sites (N-methyl/N-ethyl adjacent to an activating group) is 1. The van der Waals surface area contributed by atoms with Crippen LogP contribution in [0.4, 0.5) is 5.69 Å². The molecule has 2 aliphatic rings. The van der Waals surface area contributed by atoms with Crippen molar-refractivity contribution < 1.29 is 9.59 Å². The molecule has 23 heavy (non-hydrogen) atoms. The predicted octanol–water partition coefficient (Wildman–Crippen LogP) is 0.551. The second-order valence-corrected chi connectivity index (χ2v) is 6.14. The number of benzene rings is 1. The standard InChI is InChI=1S/C17H24N4O2/c1-2-19-15(22)12-20-13-21(14-6-4-3-5-7-14)17(16(20)23)8-10-18-11-9-17/h3-7,18H,2,8-13H2,1H3,(H,19,22). The lowest BCUT2D eigenvalue weighted by Crippen LogP contribution is -2.55. The first-order chi connectivity index (χ1) is 11.2. The van der Waals surface area contributed by atoms with Crippen molar-refractivity contribution in [1.29, 1.82) is 0 Å². The zero-order valence-electron chi connectivity index (χ0n) is 13.5. The Morgan fingerprint density at radius 1 is 1.26 bits per heavy atom. The summed E-state index contributed by atoms with van der Waals surface area (Å²) in [5, 5.41) is 6.10. The van der Waals surface area contributed by atoms with Crippen LogP contribution in [-0.2, 0) is 9.59 Å². The highest BCUT2D eigenvalue weighted by Gasteiger charge is 2.52. The summed E-state index contributed by atoms with van der Waals surface area (Å²) in [5.74, 6) is -0.0195. The molecule has 2 fully saturated rings. The molecule has 2 saturated heterocycles. The summed E-state index contributed by atoms with van der Waals surface area (Å²) in [7, 11) is 0. The molecular formula is C17H24N4O2. The molecular weight excluding hydrogens is 292 g/mol. The largest absolute Gasteiger partial charge is 0.355 e. The van der Waals surface area contributed by atoms with Crippen molar-refractivity contribution in [2.45, 2.75) is 25.3 Å². The Bertz CT molecular complexity index is 569. The molecule has 1 aromatic rings. The van der Waals surface area contributed by atoms with Crippen molar-refractivity contribution in [3.8, 4) is 0 Å². The first-order valence-electron chi connectivity index (χ1n) is 8.27. The van der Waals surface area contributed by atoms with Gasteiger partial charge >= 0.3 is 0 Å². The van der Waals surface area contributed by atoms with E-state index in [-0.39, 0.29) is 18.4 Å². The van der Waals surface area contributed by atoms with Crippen LogP contribution in [0.1, 0.15) is 19.8 Å². The van der Waals surface area contributed by atoms with Crippen LogP contribution in [0.2, 0.25) is 0 Å². The lowest BCUT2D eigenvalue weighted by molar-refractivity contribution is -0.136. The van der Waals surface area contributed by atoms with Crippen LogP contribution < -0.4 is 15.5 Å². The third kappa shape index (κ3) is 2.91. The van der Waals surface area contributed by atoms with Gasteiger partial charge in [0.15, 0.2) is 0 Å². The fraction of sp³-hybridized carbons (Fsp3) is 0.529. The summed E-state index contributed by atoms with van der Waals surface area (Å²) in [4.78, 5) is 28.9. The Hall–Kier alpha value is -2.08. The van der Waals surface area contributed by atoms with Gasteiger partial charge < -0.3 is 20.4 Å². The highest BCUT2D eigenvalue weighted by Crippen LogP contribution is 2.37. The minimum Gasteiger partial charge on any atom is -0.355 e. The maximum atomic E-state index is 13.1. The van der Waals surface area contributed by atoms with E-state index >= 15 is 0 Å². The Balaban J connectivity index is 1.87. The second-order valence-electron chi connectivity index (χ2n) is 6.14. The molecule has 2 N–H and O–H groups in total. The van der Waals surface area contributed by atoms with Gasteiger partial charge in [0.25, 0.3) is 0 Å². The summed E-state index contributed by atoms with van der Waals surface area (Å²) >= 11 is 0. The average Bonchev–Trinajstić information content (AvgIpc) is 2.83. The SMILES string of the molecule is CCNC(=O)CN1CN(c2ccccc2)C2(CCNCC2)C1=O. The van der Waals surface area contributed by atoms with Crippen molar-refractivity contribution in [1.82, 2.24) is 15.5 Å². The van der Waals surface area contributed by atoms with Gasteiger partial charge in [-0.25, -0.2) is 0 Å². The van der Waals surface area contributed by atoms with Crippen LogP contribution in [0.25, 0.3) is 0 Å². The van der Waals surface area contributed by atoms with Crippen LogP contribution >= 0.6 is 0 Å². The first-order valence-corrected chi connectivity index (χ1v) is 8.27. The summed E-state index contributed by atoms with van der Waals surface area (Å²) in [6.45, 7) is 4.71. The van der Waals surface area contributed by atoms with Crippen LogP contribution in [0, 0.1) is 0 Å². The molecule has 2 aliphatic heterocycles. The number of rotatable bonds is 4. The van der Waals surface area contributed by atoms with E-state index in [0.29, 0.717) is 13.2 Å². The molecule has 6 heteroatoms. The molecule has 6 nitrogen and oxygen atoms in total. The molecule has 2 amide bonds. The van der Waals surface area contributed by atoms with Crippen molar-refractivity contribution in [3.05, 3.63) is 30.3 Å². The maximum Gasteiger partial charge on any atom is 0.250 e. The minimum atomic E-state index is -0.515. The average molecular weight is 316 g/mol.